The van der Waals surface area contributed by atoms with Gasteiger partial charge in [0.05, 0.1) is 0 Å². The molecule has 0 N–H and O–H groups in total. The largest absolute Gasteiger partial charge is 0.338 e. The van der Waals surface area contributed by atoms with Gasteiger partial charge in [0, 0.05) is 32.1 Å². The molecular weight excluding hydrogens is 314 g/mol. The number of hydrogen-bond acceptors (Lipinski definition) is 4. The third-order valence-corrected chi connectivity index (χ3v) is 4.99. The van der Waals surface area contributed by atoms with Crippen molar-refractivity contribution in [2.45, 2.75) is 32.9 Å². The summed E-state index contributed by atoms with van der Waals surface area (Å²) in [6, 6.07) is 10.2. The summed E-state index contributed by atoms with van der Waals surface area (Å²) in [6.07, 6.45) is 5.40. The third kappa shape index (κ3) is 4.89. The third-order valence-electron chi connectivity index (χ3n) is 4.99. The van der Waals surface area contributed by atoms with E-state index in [2.05, 4.69) is 34.2 Å². The van der Waals surface area contributed by atoms with Gasteiger partial charge in [-0.15, -0.1) is 10.2 Å². The standard InChI is InChI=1S/C19H27N5O/c1-2-24(14-17-6-4-3-5-7-17)19(25)18-8-10-22(11-9-18)12-13-23-15-20-21-16-23/h3-7,15-16,18H,2,8-14H2,1H3. The summed E-state index contributed by atoms with van der Waals surface area (Å²) >= 11 is 0. The molecule has 0 radical (unpaired) electrons. The summed E-state index contributed by atoms with van der Waals surface area (Å²) in [7, 11) is 0. The highest BCUT2D eigenvalue weighted by Gasteiger charge is 2.27. The Hall–Kier alpha value is -2.21. The molecular formula is C19H27N5O. The van der Waals surface area contributed by atoms with Crippen molar-refractivity contribution >= 4 is 5.91 Å². The number of carbonyl (C=O) groups is 1. The minimum atomic E-state index is 0.162. The van der Waals surface area contributed by atoms with E-state index in [-0.39, 0.29) is 5.92 Å². The molecule has 6 heteroatoms. The van der Waals surface area contributed by atoms with Crippen molar-refractivity contribution in [2.75, 3.05) is 26.2 Å². The summed E-state index contributed by atoms with van der Waals surface area (Å²) < 4.78 is 2.00. The molecule has 1 aliphatic heterocycles. The van der Waals surface area contributed by atoms with E-state index in [0.29, 0.717) is 12.5 Å². The van der Waals surface area contributed by atoms with Crippen molar-refractivity contribution in [3.63, 3.8) is 0 Å². The molecule has 2 aromatic rings. The Labute approximate surface area is 149 Å². The van der Waals surface area contributed by atoms with Gasteiger partial charge in [-0.2, -0.15) is 0 Å². The monoisotopic (exact) mass is 341 g/mol. The van der Waals surface area contributed by atoms with E-state index in [4.69, 9.17) is 0 Å². The number of benzene rings is 1. The quantitative estimate of drug-likeness (QED) is 0.773. The van der Waals surface area contributed by atoms with E-state index in [1.807, 2.05) is 27.7 Å². The summed E-state index contributed by atoms with van der Waals surface area (Å²) in [5, 5.41) is 7.66. The molecule has 0 aliphatic carbocycles. The van der Waals surface area contributed by atoms with Gasteiger partial charge in [-0.25, -0.2) is 0 Å². The molecule has 3 rings (SSSR count). The zero-order valence-electron chi connectivity index (χ0n) is 14.9. The maximum Gasteiger partial charge on any atom is 0.226 e. The molecule has 25 heavy (non-hydrogen) atoms. The fourth-order valence-corrected chi connectivity index (χ4v) is 3.41. The Morgan fingerprint density at radius 1 is 1.12 bits per heavy atom. The van der Waals surface area contributed by atoms with Crippen LogP contribution in [0.2, 0.25) is 0 Å². The lowest BCUT2D eigenvalue weighted by molar-refractivity contribution is -0.137. The van der Waals surface area contributed by atoms with Crippen molar-refractivity contribution < 1.29 is 4.79 Å². The van der Waals surface area contributed by atoms with Gasteiger partial charge in [0.2, 0.25) is 5.91 Å². The molecule has 1 aromatic carbocycles. The first kappa shape index (κ1) is 17.6. The molecule has 134 valence electrons. The van der Waals surface area contributed by atoms with Crippen LogP contribution in [0.25, 0.3) is 0 Å². The van der Waals surface area contributed by atoms with Crippen LogP contribution in [0.5, 0.6) is 0 Å². The number of hydrogen-bond donors (Lipinski definition) is 0. The molecule has 0 unspecified atom stereocenters. The van der Waals surface area contributed by atoms with Gasteiger partial charge in [0.15, 0.2) is 0 Å². The molecule has 0 spiro atoms. The number of likely N-dealkylation sites (tertiary alicyclic amines) is 1. The molecule has 0 bridgehead atoms. The van der Waals surface area contributed by atoms with Gasteiger partial charge in [-0.05, 0) is 38.4 Å². The van der Waals surface area contributed by atoms with Crippen LogP contribution in [-0.2, 0) is 17.9 Å². The topological polar surface area (TPSA) is 54.3 Å². The van der Waals surface area contributed by atoms with Crippen molar-refractivity contribution in [1.29, 1.82) is 0 Å². The zero-order chi connectivity index (χ0) is 17.5. The Bertz CT molecular complexity index is 635. The second-order valence-corrected chi connectivity index (χ2v) is 6.65. The highest BCUT2D eigenvalue weighted by molar-refractivity contribution is 5.79. The van der Waals surface area contributed by atoms with Crippen LogP contribution in [0.3, 0.4) is 0 Å². The van der Waals surface area contributed by atoms with Crippen LogP contribution in [-0.4, -0.2) is 56.7 Å². The molecule has 1 aromatic heterocycles. The number of amides is 1. The average molecular weight is 341 g/mol. The van der Waals surface area contributed by atoms with E-state index >= 15 is 0 Å². The molecule has 6 nitrogen and oxygen atoms in total. The van der Waals surface area contributed by atoms with Crippen LogP contribution in [0.15, 0.2) is 43.0 Å². The van der Waals surface area contributed by atoms with Crippen LogP contribution in [0.4, 0.5) is 0 Å². The maximum absolute atomic E-state index is 12.9. The van der Waals surface area contributed by atoms with Gasteiger partial charge < -0.3 is 14.4 Å². The summed E-state index contributed by atoms with van der Waals surface area (Å²) in [6.45, 7) is 7.41. The fraction of sp³-hybridized carbons (Fsp3) is 0.526. The molecule has 1 aliphatic rings. The van der Waals surface area contributed by atoms with Gasteiger partial charge in [0.1, 0.15) is 12.7 Å². The van der Waals surface area contributed by atoms with Crippen LogP contribution in [0, 0.1) is 5.92 Å². The lowest BCUT2D eigenvalue weighted by Gasteiger charge is -2.34. The number of piperidine rings is 1. The minimum Gasteiger partial charge on any atom is -0.338 e. The van der Waals surface area contributed by atoms with Crippen LogP contribution in [0.1, 0.15) is 25.3 Å². The van der Waals surface area contributed by atoms with Crippen molar-refractivity contribution in [3.8, 4) is 0 Å². The summed E-state index contributed by atoms with van der Waals surface area (Å²) in [4.78, 5) is 17.3. The fourth-order valence-electron chi connectivity index (χ4n) is 3.41. The lowest BCUT2D eigenvalue weighted by atomic mass is 9.95. The molecule has 1 fully saturated rings. The van der Waals surface area contributed by atoms with Crippen LogP contribution >= 0.6 is 0 Å². The molecule has 2 heterocycles. The zero-order valence-corrected chi connectivity index (χ0v) is 14.9. The van der Waals surface area contributed by atoms with E-state index in [1.54, 1.807) is 12.7 Å². The van der Waals surface area contributed by atoms with Gasteiger partial charge >= 0.3 is 0 Å². The number of aromatic nitrogens is 3. The Morgan fingerprint density at radius 2 is 1.80 bits per heavy atom. The van der Waals surface area contributed by atoms with E-state index in [0.717, 1.165) is 45.6 Å². The van der Waals surface area contributed by atoms with E-state index in [1.165, 1.54) is 5.56 Å². The SMILES string of the molecule is CCN(Cc1ccccc1)C(=O)C1CCN(CCn2cnnc2)CC1. The predicted octanol–water partition coefficient (Wildman–Crippen LogP) is 2.04. The van der Waals surface area contributed by atoms with Crippen molar-refractivity contribution in [1.82, 2.24) is 24.6 Å². The lowest BCUT2D eigenvalue weighted by Crippen LogP contribution is -2.43. The predicted molar refractivity (Wildman–Crippen MR) is 96.7 cm³/mol. The average Bonchev–Trinajstić information content (AvgIpc) is 3.19. The molecule has 1 amide bonds. The maximum atomic E-state index is 12.9. The van der Waals surface area contributed by atoms with Crippen molar-refractivity contribution in [2.24, 2.45) is 5.92 Å². The Morgan fingerprint density at radius 3 is 2.44 bits per heavy atom. The highest BCUT2D eigenvalue weighted by Crippen LogP contribution is 2.20. The second kappa shape index (κ2) is 8.76. The van der Waals surface area contributed by atoms with Gasteiger partial charge in [0.25, 0.3) is 0 Å². The molecule has 1 saturated heterocycles. The highest BCUT2D eigenvalue weighted by atomic mass is 16.2. The first-order chi connectivity index (χ1) is 12.3. The Balaban J connectivity index is 1.46. The summed E-state index contributed by atoms with van der Waals surface area (Å²) in [5.41, 5.74) is 1.20. The van der Waals surface area contributed by atoms with Crippen LogP contribution < -0.4 is 0 Å². The summed E-state index contributed by atoms with van der Waals surface area (Å²) in [5.74, 6) is 0.472. The smallest absolute Gasteiger partial charge is 0.226 e. The first-order valence-electron chi connectivity index (χ1n) is 9.13. The molecule has 0 atom stereocenters. The minimum absolute atomic E-state index is 0.162. The normalized spacial score (nSPS) is 16.0. The Kier molecular flexibility index (Phi) is 6.17. The van der Waals surface area contributed by atoms with Gasteiger partial charge in [-0.3, -0.25) is 4.79 Å². The van der Waals surface area contributed by atoms with E-state index in [9.17, 15) is 4.79 Å². The second-order valence-electron chi connectivity index (χ2n) is 6.65. The van der Waals surface area contributed by atoms with Gasteiger partial charge in [-0.1, -0.05) is 30.3 Å². The van der Waals surface area contributed by atoms with Crippen molar-refractivity contribution in [3.05, 3.63) is 48.5 Å². The first-order valence-corrected chi connectivity index (χ1v) is 9.13. The number of carbonyl (C=O) groups excluding carboxylic acids is 1. The van der Waals surface area contributed by atoms with E-state index < -0.39 is 0 Å². The molecule has 0 saturated carbocycles. The number of rotatable bonds is 7. The number of nitrogens with zero attached hydrogens (tertiary/aromatic N) is 5.